The van der Waals surface area contributed by atoms with Crippen molar-refractivity contribution >= 4 is 21.5 Å². The SMILES string of the molecule is C#CCOc1cc2ccc(CCC)cc2cc1C(CC)c1cccc2ccccc12. The fourth-order valence-electron chi connectivity index (χ4n) is 4.47. The first-order valence-electron chi connectivity index (χ1n) is 10.9. The molecule has 4 rings (SSSR count). The number of ether oxygens (including phenoxy) is 1. The second kappa shape index (κ2) is 9.06. The van der Waals surface area contributed by atoms with Crippen molar-refractivity contribution in [2.24, 2.45) is 0 Å². The van der Waals surface area contributed by atoms with Gasteiger partial charge in [-0.05, 0) is 57.6 Å². The third-order valence-corrected chi connectivity index (χ3v) is 5.87. The van der Waals surface area contributed by atoms with Gasteiger partial charge in [0.15, 0.2) is 0 Å². The summed E-state index contributed by atoms with van der Waals surface area (Å²) in [5, 5.41) is 5.03. The molecule has 0 radical (unpaired) electrons. The third kappa shape index (κ3) is 3.91. The lowest BCUT2D eigenvalue weighted by molar-refractivity contribution is 0.365. The average Bonchev–Trinajstić information content (AvgIpc) is 2.78. The maximum Gasteiger partial charge on any atom is 0.148 e. The number of fused-ring (bicyclic) bond motifs is 2. The Labute approximate surface area is 179 Å². The van der Waals surface area contributed by atoms with E-state index < -0.39 is 0 Å². The normalized spacial score (nSPS) is 12.0. The first kappa shape index (κ1) is 20.0. The summed E-state index contributed by atoms with van der Waals surface area (Å²) < 4.78 is 6.05. The van der Waals surface area contributed by atoms with Gasteiger partial charge in [0, 0.05) is 11.5 Å². The molecule has 0 fully saturated rings. The van der Waals surface area contributed by atoms with Crippen molar-refractivity contribution < 1.29 is 4.74 Å². The van der Waals surface area contributed by atoms with Gasteiger partial charge in [-0.2, -0.15) is 0 Å². The number of terminal acetylenes is 1. The molecule has 1 heteroatoms. The van der Waals surface area contributed by atoms with Crippen LogP contribution in [0.25, 0.3) is 21.5 Å². The van der Waals surface area contributed by atoms with Crippen molar-refractivity contribution in [3.63, 3.8) is 0 Å². The molecule has 30 heavy (non-hydrogen) atoms. The molecule has 1 unspecified atom stereocenters. The van der Waals surface area contributed by atoms with Crippen molar-refractivity contribution in [2.45, 2.75) is 39.0 Å². The number of hydrogen-bond donors (Lipinski definition) is 0. The summed E-state index contributed by atoms with van der Waals surface area (Å²) in [6.07, 6.45) is 8.74. The number of rotatable bonds is 7. The van der Waals surface area contributed by atoms with Crippen molar-refractivity contribution in [1.82, 2.24) is 0 Å². The second-order valence-electron chi connectivity index (χ2n) is 7.84. The molecule has 0 aliphatic carbocycles. The van der Waals surface area contributed by atoms with Gasteiger partial charge in [0.25, 0.3) is 0 Å². The average molecular weight is 393 g/mol. The van der Waals surface area contributed by atoms with E-state index in [0.717, 1.165) is 25.0 Å². The van der Waals surface area contributed by atoms with E-state index in [4.69, 9.17) is 11.2 Å². The van der Waals surface area contributed by atoms with E-state index in [9.17, 15) is 0 Å². The fourth-order valence-corrected chi connectivity index (χ4v) is 4.47. The van der Waals surface area contributed by atoms with E-state index in [1.54, 1.807) is 0 Å². The van der Waals surface area contributed by atoms with Crippen LogP contribution in [-0.2, 0) is 6.42 Å². The van der Waals surface area contributed by atoms with Gasteiger partial charge in [-0.15, -0.1) is 6.42 Å². The third-order valence-electron chi connectivity index (χ3n) is 5.87. The van der Waals surface area contributed by atoms with Crippen LogP contribution in [0.5, 0.6) is 5.75 Å². The summed E-state index contributed by atoms with van der Waals surface area (Å²) in [6.45, 7) is 4.74. The highest BCUT2D eigenvalue weighted by Crippen LogP contribution is 2.40. The lowest BCUT2D eigenvalue weighted by Crippen LogP contribution is -2.05. The first-order valence-corrected chi connectivity index (χ1v) is 10.9. The molecule has 0 aliphatic rings. The lowest BCUT2D eigenvalue weighted by Gasteiger charge is -2.22. The van der Waals surface area contributed by atoms with Crippen LogP contribution >= 0.6 is 0 Å². The summed E-state index contributed by atoms with van der Waals surface area (Å²) in [7, 11) is 0. The van der Waals surface area contributed by atoms with Crippen LogP contribution in [0.4, 0.5) is 0 Å². The molecule has 0 saturated carbocycles. The van der Waals surface area contributed by atoms with Gasteiger partial charge in [0.2, 0.25) is 0 Å². The Morgan fingerprint density at radius 3 is 2.47 bits per heavy atom. The van der Waals surface area contributed by atoms with Crippen LogP contribution in [-0.4, -0.2) is 6.61 Å². The molecule has 0 saturated heterocycles. The predicted octanol–water partition coefficient (Wildman–Crippen LogP) is 7.50. The Bertz CT molecular complexity index is 1210. The Kier molecular flexibility index (Phi) is 6.05. The zero-order valence-corrected chi connectivity index (χ0v) is 17.8. The van der Waals surface area contributed by atoms with Crippen LogP contribution in [0.15, 0.2) is 72.8 Å². The Balaban J connectivity index is 1.91. The van der Waals surface area contributed by atoms with Crippen LogP contribution in [0.1, 0.15) is 49.3 Å². The van der Waals surface area contributed by atoms with Crippen LogP contribution in [0.2, 0.25) is 0 Å². The standard InChI is InChI=1S/C29H28O/c1-4-10-21-15-16-23-20-29(30-17-5-2)28(19-24(23)18-21)25(6-3)27-14-9-12-22-11-7-8-13-26(22)27/h2,7-9,11-16,18-20,25H,4,6,10,17H2,1,3H3. The minimum absolute atomic E-state index is 0.239. The quantitative estimate of drug-likeness (QED) is 0.296. The molecule has 0 amide bonds. The molecular weight excluding hydrogens is 364 g/mol. The zero-order valence-electron chi connectivity index (χ0n) is 17.8. The van der Waals surface area contributed by atoms with Crippen molar-refractivity contribution in [1.29, 1.82) is 0 Å². The predicted molar refractivity (Wildman–Crippen MR) is 128 cm³/mol. The van der Waals surface area contributed by atoms with E-state index >= 15 is 0 Å². The molecule has 0 N–H and O–H groups in total. The van der Waals surface area contributed by atoms with E-state index in [1.165, 1.54) is 38.2 Å². The molecule has 150 valence electrons. The highest BCUT2D eigenvalue weighted by Gasteiger charge is 2.20. The summed E-state index contributed by atoms with van der Waals surface area (Å²) in [5.74, 6) is 3.75. The van der Waals surface area contributed by atoms with E-state index in [2.05, 4.69) is 92.6 Å². The zero-order chi connectivity index (χ0) is 20.9. The largest absolute Gasteiger partial charge is 0.481 e. The van der Waals surface area contributed by atoms with Crippen molar-refractivity contribution in [3.8, 4) is 18.1 Å². The minimum atomic E-state index is 0.239. The topological polar surface area (TPSA) is 9.23 Å². The molecule has 1 nitrogen and oxygen atoms in total. The van der Waals surface area contributed by atoms with Crippen LogP contribution < -0.4 is 4.74 Å². The van der Waals surface area contributed by atoms with Gasteiger partial charge >= 0.3 is 0 Å². The molecule has 1 atom stereocenters. The van der Waals surface area contributed by atoms with Crippen molar-refractivity contribution in [2.75, 3.05) is 6.61 Å². The number of hydrogen-bond acceptors (Lipinski definition) is 1. The van der Waals surface area contributed by atoms with Crippen molar-refractivity contribution in [3.05, 3.63) is 89.5 Å². The smallest absolute Gasteiger partial charge is 0.148 e. The molecule has 0 aliphatic heterocycles. The Morgan fingerprint density at radius 2 is 1.67 bits per heavy atom. The number of benzene rings is 4. The van der Waals surface area contributed by atoms with Gasteiger partial charge in [-0.25, -0.2) is 0 Å². The molecule has 0 aromatic heterocycles. The van der Waals surface area contributed by atoms with Gasteiger partial charge in [0.05, 0.1) is 0 Å². The summed E-state index contributed by atoms with van der Waals surface area (Å²) in [4.78, 5) is 0. The van der Waals surface area contributed by atoms with Gasteiger partial charge in [-0.3, -0.25) is 0 Å². The van der Waals surface area contributed by atoms with E-state index in [0.29, 0.717) is 0 Å². The minimum Gasteiger partial charge on any atom is -0.481 e. The molecule has 0 spiro atoms. The highest BCUT2D eigenvalue weighted by molar-refractivity contribution is 5.89. The highest BCUT2D eigenvalue weighted by atomic mass is 16.5. The molecule has 4 aromatic rings. The van der Waals surface area contributed by atoms with Gasteiger partial charge in [-0.1, -0.05) is 86.9 Å². The summed E-state index contributed by atoms with van der Waals surface area (Å²) >= 11 is 0. The molecular formula is C29H28O. The second-order valence-corrected chi connectivity index (χ2v) is 7.84. The summed E-state index contributed by atoms with van der Waals surface area (Å²) in [6, 6.07) is 26.4. The molecule has 0 bridgehead atoms. The van der Waals surface area contributed by atoms with Gasteiger partial charge in [0.1, 0.15) is 12.4 Å². The first-order chi connectivity index (χ1) is 14.7. The van der Waals surface area contributed by atoms with E-state index in [-0.39, 0.29) is 12.5 Å². The maximum absolute atomic E-state index is 6.05. The molecule has 4 aromatic carbocycles. The number of aryl methyl sites for hydroxylation is 1. The Morgan fingerprint density at radius 1 is 0.833 bits per heavy atom. The fraction of sp³-hybridized carbons (Fsp3) is 0.241. The monoisotopic (exact) mass is 392 g/mol. The maximum atomic E-state index is 6.05. The van der Waals surface area contributed by atoms with E-state index in [1.807, 2.05) is 0 Å². The molecule has 0 heterocycles. The summed E-state index contributed by atoms with van der Waals surface area (Å²) in [5.41, 5.74) is 3.93. The van der Waals surface area contributed by atoms with Crippen LogP contribution in [0.3, 0.4) is 0 Å². The van der Waals surface area contributed by atoms with Gasteiger partial charge < -0.3 is 4.74 Å². The lowest BCUT2D eigenvalue weighted by atomic mass is 9.84. The van der Waals surface area contributed by atoms with Crippen LogP contribution in [0, 0.1) is 12.3 Å². The Hall–Kier alpha value is -3.24.